The van der Waals surface area contributed by atoms with Crippen LogP contribution in [0.4, 0.5) is 0 Å². The summed E-state index contributed by atoms with van der Waals surface area (Å²) in [5, 5.41) is -0.105. The Hall–Kier alpha value is -0.500. The first-order chi connectivity index (χ1) is 7.99. The zero-order chi connectivity index (χ0) is 12.6. The van der Waals surface area contributed by atoms with Crippen molar-refractivity contribution in [2.45, 2.75) is 26.1 Å². The Morgan fingerprint density at radius 3 is 2.35 bits per heavy atom. The van der Waals surface area contributed by atoms with Crippen molar-refractivity contribution in [2.24, 2.45) is 0 Å². The molecule has 0 amide bonds. The standard InChI is InChI=1S/C14H14Cl2S/c1-8-4-5-9(2)11(6-8)13(15)12-7-10(3)14(16)17-12/h4-7,13H,1-3H3. The van der Waals surface area contributed by atoms with E-state index in [1.165, 1.54) is 16.7 Å². The second kappa shape index (κ2) is 5.01. The van der Waals surface area contributed by atoms with Crippen LogP contribution in [0.1, 0.15) is 32.5 Å². The predicted octanol–water partition coefficient (Wildman–Crippen LogP) is 5.65. The van der Waals surface area contributed by atoms with E-state index >= 15 is 0 Å². The van der Waals surface area contributed by atoms with Crippen molar-refractivity contribution in [1.29, 1.82) is 0 Å². The third-order valence-corrected chi connectivity index (χ3v) is 5.05. The SMILES string of the molecule is Cc1ccc(C)c(C(Cl)c2cc(C)c(Cl)s2)c1. The third kappa shape index (κ3) is 2.67. The van der Waals surface area contributed by atoms with E-state index in [0.29, 0.717) is 0 Å². The molecule has 0 radical (unpaired) electrons. The number of alkyl halides is 1. The minimum atomic E-state index is -0.105. The van der Waals surface area contributed by atoms with Gasteiger partial charge in [-0.2, -0.15) is 0 Å². The molecule has 1 aromatic heterocycles. The van der Waals surface area contributed by atoms with Gasteiger partial charge in [0.25, 0.3) is 0 Å². The Bertz CT molecular complexity index is 524. The third-order valence-electron chi connectivity index (χ3n) is 2.83. The molecule has 0 saturated carbocycles. The average Bonchev–Trinajstić information content (AvgIpc) is 2.62. The molecule has 1 aromatic carbocycles. The molecule has 2 aromatic rings. The Kier molecular flexibility index (Phi) is 3.82. The van der Waals surface area contributed by atoms with Gasteiger partial charge in [-0.3, -0.25) is 0 Å². The molecule has 1 unspecified atom stereocenters. The summed E-state index contributed by atoms with van der Waals surface area (Å²) in [6.45, 7) is 6.18. The van der Waals surface area contributed by atoms with E-state index in [9.17, 15) is 0 Å². The van der Waals surface area contributed by atoms with E-state index < -0.39 is 0 Å². The summed E-state index contributed by atoms with van der Waals surface area (Å²) in [6.07, 6.45) is 0. The Balaban J connectivity index is 2.42. The first-order valence-corrected chi connectivity index (χ1v) is 7.09. The maximum absolute atomic E-state index is 6.55. The molecule has 0 spiro atoms. The second-order valence-electron chi connectivity index (χ2n) is 4.33. The van der Waals surface area contributed by atoms with Crippen molar-refractivity contribution in [3.63, 3.8) is 0 Å². The summed E-state index contributed by atoms with van der Waals surface area (Å²) >= 11 is 14.2. The fraction of sp³-hybridized carbons (Fsp3) is 0.286. The molecule has 0 bridgehead atoms. The summed E-state index contributed by atoms with van der Waals surface area (Å²) in [4.78, 5) is 1.11. The van der Waals surface area contributed by atoms with Crippen molar-refractivity contribution < 1.29 is 0 Å². The molecule has 0 N–H and O–H groups in total. The summed E-state index contributed by atoms with van der Waals surface area (Å²) in [5.41, 5.74) is 4.72. The van der Waals surface area contributed by atoms with E-state index in [1.54, 1.807) is 11.3 Å². The second-order valence-corrected chi connectivity index (χ2v) is 6.45. The average molecular weight is 285 g/mol. The lowest BCUT2D eigenvalue weighted by Gasteiger charge is -2.12. The molecule has 2 rings (SSSR count). The lowest BCUT2D eigenvalue weighted by molar-refractivity contribution is 1.13. The first kappa shape index (κ1) is 12.9. The molecule has 0 aliphatic rings. The van der Waals surface area contributed by atoms with Gasteiger partial charge in [0, 0.05) is 4.88 Å². The molecule has 17 heavy (non-hydrogen) atoms. The van der Waals surface area contributed by atoms with E-state index in [1.807, 2.05) is 6.92 Å². The first-order valence-electron chi connectivity index (χ1n) is 5.46. The number of halogens is 2. The van der Waals surface area contributed by atoms with Gasteiger partial charge in [0.15, 0.2) is 0 Å². The van der Waals surface area contributed by atoms with Gasteiger partial charge in [0.2, 0.25) is 0 Å². The topological polar surface area (TPSA) is 0 Å². The van der Waals surface area contributed by atoms with Crippen LogP contribution in [0.25, 0.3) is 0 Å². The minimum absolute atomic E-state index is 0.105. The van der Waals surface area contributed by atoms with Crippen LogP contribution in [0.15, 0.2) is 24.3 Å². The molecular weight excluding hydrogens is 271 g/mol. The molecular formula is C14H14Cl2S. The van der Waals surface area contributed by atoms with Crippen LogP contribution in [0, 0.1) is 20.8 Å². The van der Waals surface area contributed by atoms with Gasteiger partial charge in [-0.25, -0.2) is 0 Å². The summed E-state index contributed by atoms with van der Waals surface area (Å²) in [6, 6.07) is 8.44. The maximum Gasteiger partial charge on any atom is 0.0960 e. The molecule has 3 heteroatoms. The van der Waals surface area contributed by atoms with Crippen molar-refractivity contribution >= 4 is 34.5 Å². The van der Waals surface area contributed by atoms with Crippen LogP contribution >= 0.6 is 34.5 Å². The number of hydrogen-bond acceptors (Lipinski definition) is 1. The maximum atomic E-state index is 6.55. The van der Waals surface area contributed by atoms with Crippen LogP contribution < -0.4 is 0 Å². The van der Waals surface area contributed by atoms with Crippen LogP contribution in [-0.4, -0.2) is 0 Å². The molecule has 0 fully saturated rings. The van der Waals surface area contributed by atoms with Crippen LogP contribution in [0.2, 0.25) is 4.34 Å². The Morgan fingerprint density at radius 2 is 1.76 bits per heavy atom. The minimum Gasteiger partial charge on any atom is -0.126 e. The summed E-state index contributed by atoms with van der Waals surface area (Å²) in [5.74, 6) is 0. The highest BCUT2D eigenvalue weighted by Crippen LogP contribution is 2.38. The highest BCUT2D eigenvalue weighted by molar-refractivity contribution is 7.16. The van der Waals surface area contributed by atoms with Gasteiger partial charge in [-0.15, -0.1) is 22.9 Å². The van der Waals surface area contributed by atoms with Gasteiger partial charge < -0.3 is 0 Å². The number of aryl methyl sites for hydroxylation is 3. The van der Waals surface area contributed by atoms with Crippen molar-refractivity contribution in [3.8, 4) is 0 Å². The number of hydrogen-bond donors (Lipinski definition) is 0. The zero-order valence-corrected chi connectivity index (χ0v) is 12.4. The highest BCUT2D eigenvalue weighted by atomic mass is 35.5. The molecule has 0 aliphatic heterocycles. The fourth-order valence-electron chi connectivity index (χ4n) is 1.79. The molecule has 90 valence electrons. The van der Waals surface area contributed by atoms with E-state index in [0.717, 1.165) is 14.8 Å². The van der Waals surface area contributed by atoms with E-state index in [2.05, 4.69) is 38.1 Å². The predicted molar refractivity (Wildman–Crippen MR) is 77.7 cm³/mol. The number of thiophene rings is 1. The summed E-state index contributed by atoms with van der Waals surface area (Å²) < 4.78 is 0.830. The monoisotopic (exact) mass is 284 g/mol. The molecule has 1 heterocycles. The Labute approximate surface area is 116 Å². The Morgan fingerprint density at radius 1 is 1.06 bits per heavy atom. The van der Waals surface area contributed by atoms with Gasteiger partial charge in [0.05, 0.1) is 9.71 Å². The largest absolute Gasteiger partial charge is 0.126 e. The lowest BCUT2D eigenvalue weighted by Crippen LogP contribution is -1.94. The van der Waals surface area contributed by atoms with Gasteiger partial charge in [0.1, 0.15) is 0 Å². The molecule has 1 atom stereocenters. The van der Waals surface area contributed by atoms with Crippen molar-refractivity contribution in [1.82, 2.24) is 0 Å². The van der Waals surface area contributed by atoms with Crippen LogP contribution in [-0.2, 0) is 0 Å². The molecule has 0 nitrogen and oxygen atoms in total. The van der Waals surface area contributed by atoms with Crippen molar-refractivity contribution in [3.05, 3.63) is 55.7 Å². The van der Waals surface area contributed by atoms with Crippen LogP contribution in [0.5, 0.6) is 0 Å². The lowest BCUT2D eigenvalue weighted by atomic mass is 10.0. The van der Waals surface area contributed by atoms with Gasteiger partial charge in [-0.1, -0.05) is 35.4 Å². The fourth-order valence-corrected chi connectivity index (χ4v) is 3.44. The zero-order valence-electron chi connectivity index (χ0n) is 10.1. The number of rotatable bonds is 2. The smallest absolute Gasteiger partial charge is 0.0960 e. The quantitative estimate of drug-likeness (QED) is 0.625. The summed E-state index contributed by atoms with van der Waals surface area (Å²) in [7, 11) is 0. The molecule has 0 saturated heterocycles. The van der Waals surface area contributed by atoms with Gasteiger partial charge in [-0.05, 0) is 43.5 Å². The van der Waals surface area contributed by atoms with E-state index in [4.69, 9.17) is 23.2 Å². The number of benzene rings is 1. The highest BCUT2D eigenvalue weighted by Gasteiger charge is 2.16. The van der Waals surface area contributed by atoms with Gasteiger partial charge >= 0.3 is 0 Å². The molecule has 0 aliphatic carbocycles. The normalized spacial score (nSPS) is 12.8. The van der Waals surface area contributed by atoms with Crippen LogP contribution in [0.3, 0.4) is 0 Å². The van der Waals surface area contributed by atoms with Crippen molar-refractivity contribution in [2.75, 3.05) is 0 Å². The van der Waals surface area contributed by atoms with E-state index in [-0.39, 0.29) is 5.38 Å².